The van der Waals surface area contributed by atoms with Crippen LogP contribution in [0.25, 0.3) is 11.4 Å². The molecular formula is C11H10BrClN2O. The maximum Gasteiger partial charge on any atom is 0.141 e. The van der Waals surface area contributed by atoms with Crippen LogP contribution in [0.1, 0.15) is 5.69 Å². The number of aliphatic hydroxyl groups excluding tert-OH is 1. The minimum absolute atomic E-state index is 0.152. The van der Waals surface area contributed by atoms with Crippen molar-refractivity contribution in [2.45, 2.75) is 6.61 Å². The van der Waals surface area contributed by atoms with Gasteiger partial charge in [0.1, 0.15) is 16.7 Å². The van der Waals surface area contributed by atoms with E-state index in [0.717, 1.165) is 15.9 Å². The number of aliphatic hydroxyl groups is 1. The molecule has 3 nitrogen and oxygen atoms in total. The highest BCUT2D eigenvalue weighted by molar-refractivity contribution is 9.10. The third-order valence-corrected chi connectivity index (χ3v) is 3.29. The zero-order chi connectivity index (χ0) is 11.7. The summed E-state index contributed by atoms with van der Waals surface area (Å²) in [5.74, 6) is 0.746. The standard InChI is InChI=1S/C11H10BrClN2O/c1-15-10(13)9(6-16)14-11(15)7-3-2-4-8(12)5-7/h2-5,16H,6H2,1H3. The predicted octanol–water partition coefficient (Wildman–Crippen LogP) is 3.00. The first-order valence-electron chi connectivity index (χ1n) is 4.71. The molecule has 1 aromatic carbocycles. The molecule has 0 fully saturated rings. The maximum atomic E-state index is 9.09. The van der Waals surface area contributed by atoms with Crippen LogP contribution < -0.4 is 0 Å². The molecule has 1 aromatic heterocycles. The van der Waals surface area contributed by atoms with Gasteiger partial charge in [0, 0.05) is 17.1 Å². The van der Waals surface area contributed by atoms with E-state index in [0.29, 0.717) is 10.8 Å². The summed E-state index contributed by atoms with van der Waals surface area (Å²) in [7, 11) is 1.82. The second-order valence-electron chi connectivity index (χ2n) is 3.40. The van der Waals surface area contributed by atoms with Crippen LogP contribution in [0.15, 0.2) is 28.7 Å². The fourth-order valence-corrected chi connectivity index (χ4v) is 2.10. The van der Waals surface area contributed by atoms with E-state index in [1.54, 1.807) is 4.57 Å². The number of hydrogen-bond donors (Lipinski definition) is 1. The maximum absolute atomic E-state index is 9.09. The average molecular weight is 302 g/mol. The Morgan fingerprint density at radius 1 is 1.50 bits per heavy atom. The quantitative estimate of drug-likeness (QED) is 0.926. The Morgan fingerprint density at radius 2 is 2.25 bits per heavy atom. The zero-order valence-electron chi connectivity index (χ0n) is 8.61. The van der Waals surface area contributed by atoms with Crippen LogP contribution in [0.5, 0.6) is 0 Å². The van der Waals surface area contributed by atoms with Gasteiger partial charge in [0.05, 0.1) is 6.61 Å². The molecule has 0 aliphatic carbocycles. The lowest BCUT2D eigenvalue weighted by Crippen LogP contribution is -1.92. The van der Waals surface area contributed by atoms with Crippen LogP contribution in [0.3, 0.4) is 0 Å². The summed E-state index contributed by atoms with van der Waals surface area (Å²) in [6.45, 7) is -0.152. The summed E-state index contributed by atoms with van der Waals surface area (Å²) in [5.41, 5.74) is 1.46. The highest BCUT2D eigenvalue weighted by atomic mass is 79.9. The minimum atomic E-state index is -0.152. The van der Waals surface area contributed by atoms with E-state index in [-0.39, 0.29) is 6.61 Å². The van der Waals surface area contributed by atoms with Gasteiger partial charge in [-0.15, -0.1) is 0 Å². The van der Waals surface area contributed by atoms with Gasteiger partial charge in [0.15, 0.2) is 0 Å². The number of halogens is 2. The van der Waals surface area contributed by atoms with Crippen molar-refractivity contribution in [2.24, 2.45) is 7.05 Å². The summed E-state index contributed by atoms with van der Waals surface area (Å²) in [6, 6.07) is 7.78. The van der Waals surface area contributed by atoms with E-state index in [2.05, 4.69) is 20.9 Å². The molecule has 84 valence electrons. The van der Waals surface area contributed by atoms with Crippen LogP contribution >= 0.6 is 27.5 Å². The third-order valence-electron chi connectivity index (χ3n) is 2.32. The molecule has 0 amide bonds. The van der Waals surface area contributed by atoms with Crippen molar-refractivity contribution in [3.63, 3.8) is 0 Å². The summed E-state index contributed by atoms with van der Waals surface area (Å²) in [6.07, 6.45) is 0. The second-order valence-corrected chi connectivity index (χ2v) is 4.67. The molecule has 1 N–H and O–H groups in total. The van der Waals surface area contributed by atoms with E-state index in [9.17, 15) is 0 Å². The van der Waals surface area contributed by atoms with Gasteiger partial charge < -0.3 is 9.67 Å². The molecule has 1 heterocycles. The van der Waals surface area contributed by atoms with E-state index in [1.165, 1.54) is 0 Å². The van der Waals surface area contributed by atoms with Crippen LogP contribution in [-0.2, 0) is 13.7 Å². The Bertz CT molecular complexity index is 525. The fraction of sp³-hybridized carbons (Fsp3) is 0.182. The van der Waals surface area contributed by atoms with Crippen molar-refractivity contribution < 1.29 is 5.11 Å². The molecule has 0 unspecified atom stereocenters. The zero-order valence-corrected chi connectivity index (χ0v) is 11.0. The molecule has 2 rings (SSSR count). The van der Waals surface area contributed by atoms with Gasteiger partial charge in [-0.3, -0.25) is 0 Å². The predicted molar refractivity (Wildman–Crippen MR) is 67.3 cm³/mol. The third kappa shape index (κ3) is 2.00. The highest BCUT2D eigenvalue weighted by Gasteiger charge is 2.13. The van der Waals surface area contributed by atoms with E-state index in [1.807, 2.05) is 31.3 Å². The first-order chi connectivity index (χ1) is 7.63. The summed E-state index contributed by atoms with van der Waals surface area (Å²) < 4.78 is 2.74. The van der Waals surface area contributed by atoms with Crippen LogP contribution in [0.4, 0.5) is 0 Å². The lowest BCUT2D eigenvalue weighted by atomic mass is 10.2. The first-order valence-corrected chi connectivity index (χ1v) is 5.88. The molecule has 5 heteroatoms. The van der Waals surface area contributed by atoms with Crippen LogP contribution in [0, 0.1) is 0 Å². The molecular weight excluding hydrogens is 291 g/mol. The lowest BCUT2D eigenvalue weighted by molar-refractivity contribution is 0.277. The molecule has 0 atom stereocenters. The topological polar surface area (TPSA) is 38.0 Å². The Labute approximate surface area is 107 Å². The molecule has 0 spiro atoms. The summed E-state index contributed by atoms with van der Waals surface area (Å²) >= 11 is 9.44. The smallest absolute Gasteiger partial charge is 0.141 e. The van der Waals surface area contributed by atoms with Crippen LogP contribution in [-0.4, -0.2) is 14.7 Å². The molecule has 0 saturated carbocycles. The van der Waals surface area contributed by atoms with Crippen molar-refractivity contribution in [2.75, 3.05) is 0 Å². The molecule has 2 aromatic rings. The Hall–Kier alpha value is -0.840. The van der Waals surface area contributed by atoms with Crippen molar-refractivity contribution in [1.82, 2.24) is 9.55 Å². The second kappa shape index (κ2) is 4.57. The number of benzene rings is 1. The monoisotopic (exact) mass is 300 g/mol. The van der Waals surface area contributed by atoms with Crippen molar-refractivity contribution in [3.8, 4) is 11.4 Å². The number of imidazole rings is 1. The first kappa shape index (κ1) is 11.6. The van der Waals surface area contributed by atoms with Gasteiger partial charge in [-0.2, -0.15) is 0 Å². The normalized spacial score (nSPS) is 10.8. The van der Waals surface area contributed by atoms with Crippen molar-refractivity contribution in [1.29, 1.82) is 0 Å². The van der Waals surface area contributed by atoms with Gasteiger partial charge in [-0.1, -0.05) is 39.7 Å². The largest absolute Gasteiger partial charge is 0.390 e. The molecule has 16 heavy (non-hydrogen) atoms. The number of aromatic nitrogens is 2. The Kier molecular flexibility index (Phi) is 3.33. The summed E-state index contributed by atoms with van der Waals surface area (Å²) in [4.78, 5) is 4.30. The van der Waals surface area contributed by atoms with E-state index >= 15 is 0 Å². The van der Waals surface area contributed by atoms with Gasteiger partial charge >= 0.3 is 0 Å². The minimum Gasteiger partial charge on any atom is -0.390 e. The van der Waals surface area contributed by atoms with E-state index < -0.39 is 0 Å². The van der Waals surface area contributed by atoms with Gasteiger partial charge in [0.2, 0.25) is 0 Å². The molecule has 0 saturated heterocycles. The van der Waals surface area contributed by atoms with Crippen LogP contribution in [0.2, 0.25) is 5.15 Å². The number of nitrogens with zero attached hydrogens (tertiary/aromatic N) is 2. The van der Waals surface area contributed by atoms with Gasteiger partial charge in [-0.25, -0.2) is 4.98 Å². The Morgan fingerprint density at radius 3 is 2.81 bits per heavy atom. The molecule has 0 aliphatic heterocycles. The number of rotatable bonds is 2. The molecule has 0 bridgehead atoms. The van der Waals surface area contributed by atoms with Gasteiger partial charge in [-0.05, 0) is 12.1 Å². The number of hydrogen-bond acceptors (Lipinski definition) is 2. The molecule has 0 aliphatic rings. The Balaban J connectivity index is 2.56. The average Bonchev–Trinajstić information content (AvgIpc) is 2.56. The SMILES string of the molecule is Cn1c(-c2cccc(Br)c2)nc(CO)c1Cl. The van der Waals surface area contributed by atoms with Gasteiger partial charge in [0.25, 0.3) is 0 Å². The van der Waals surface area contributed by atoms with E-state index in [4.69, 9.17) is 16.7 Å². The van der Waals surface area contributed by atoms with Crippen molar-refractivity contribution in [3.05, 3.63) is 39.6 Å². The molecule has 0 radical (unpaired) electrons. The summed E-state index contributed by atoms with van der Waals surface area (Å²) in [5, 5.41) is 9.56. The lowest BCUT2D eigenvalue weighted by Gasteiger charge is -2.02. The van der Waals surface area contributed by atoms with Crippen molar-refractivity contribution >= 4 is 27.5 Å². The fourth-order valence-electron chi connectivity index (χ4n) is 1.52. The highest BCUT2D eigenvalue weighted by Crippen LogP contribution is 2.26.